The third-order valence-electron chi connectivity index (χ3n) is 5.57. The van der Waals surface area contributed by atoms with Crippen molar-refractivity contribution in [1.29, 1.82) is 0 Å². The highest BCUT2D eigenvalue weighted by molar-refractivity contribution is 9.08. The van der Waals surface area contributed by atoms with E-state index in [4.69, 9.17) is 0 Å². The van der Waals surface area contributed by atoms with Gasteiger partial charge in [-0.1, -0.05) is 66.2 Å². The van der Waals surface area contributed by atoms with Crippen LogP contribution in [0.1, 0.15) is 62.6 Å². The molecule has 2 aromatic carbocycles. The van der Waals surface area contributed by atoms with Gasteiger partial charge in [-0.25, -0.2) is 4.98 Å². The summed E-state index contributed by atoms with van der Waals surface area (Å²) in [5.41, 5.74) is 6.32. The predicted octanol–water partition coefficient (Wildman–Crippen LogP) is 8.02. The van der Waals surface area contributed by atoms with E-state index in [0.717, 1.165) is 22.6 Å². The Morgan fingerprint density at radius 1 is 0.966 bits per heavy atom. The second-order valence-corrected chi connectivity index (χ2v) is 9.29. The van der Waals surface area contributed by atoms with Crippen LogP contribution < -0.4 is 4.90 Å². The number of hydrogen-bond donors (Lipinski definition) is 0. The van der Waals surface area contributed by atoms with Crippen LogP contribution in [-0.4, -0.2) is 11.0 Å². The van der Waals surface area contributed by atoms with Crippen molar-refractivity contribution in [2.45, 2.75) is 64.4 Å². The molecule has 2 nitrogen and oxygen atoms in total. The zero-order valence-electron chi connectivity index (χ0n) is 17.9. The zero-order chi connectivity index (χ0) is 20.8. The minimum Gasteiger partial charge on any atom is -0.365 e. The summed E-state index contributed by atoms with van der Waals surface area (Å²) in [6.07, 6.45) is 2.40. The molecule has 0 unspecified atom stereocenters. The lowest BCUT2D eigenvalue weighted by Gasteiger charge is -2.30. The van der Waals surface area contributed by atoms with E-state index in [1.165, 1.54) is 35.2 Å². The Morgan fingerprint density at radius 3 is 2.14 bits per heavy atom. The Morgan fingerprint density at radius 2 is 1.62 bits per heavy atom. The van der Waals surface area contributed by atoms with Crippen LogP contribution >= 0.6 is 27.3 Å². The maximum absolute atomic E-state index is 4.66. The van der Waals surface area contributed by atoms with Crippen LogP contribution in [0.5, 0.6) is 0 Å². The number of hydrogen-bond acceptors (Lipinski definition) is 3. The van der Waals surface area contributed by atoms with E-state index in [2.05, 4.69) is 107 Å². The summed E-state index contributed by atoms with van der Waals surface area (Å²) in [5, 5.41) is 4.06. The summed E-state index contributed by atoms with van der Waals surface area (Å²) in [4.78, 5) is 7.13. The molecule has 1 aromatic heterocycles. The number of halogens is 1. The van der Waals surface area contributed by atoms with Gasteiger partial charge >= 0.3 is 0 Å². The van der Waals surface area contributed by atoms with E-state index in [-0.39, 0.29) is 0 Å². The normalized spacial score (nSPS) is 11.4. The highest BCUT2D eigenvalue weighted by Gasteiger charge is 2.13. The van der Waals surface area contributed by atoms with Crippen LogP contribution in [0.2, 0.25) is 0 Å². The number of benzene rings is 2. The molecule has 0 aliphatic rings. The van der Waals surface area contributed by atoms with Gasteiger partial charge in [-0.15, -0.1) is 11.3 Å². The van der Waals surface area contributed by atoms with Crippen LogP contribution in [0.4, 0.5) is 5.69 Å². The van der Waals surface area contributed by atoms with E-state index in [0.29, 0.717) is 12.0 Å². The summed E-state index contributed by atoms with van der Waals surface area (Å²) in [6, 6.07) is 18.5. The highest BCUT2D eigenvalue weighted by Crippen LogP contribution is 2.28. The first-order valence-electron chi connectivity index (χ1n) is 10.5. The first kappa shape index (κ1) is 22.0. The average Bonchev–Trinajstić information content (AvgIpc) is 3.23. The van der Waals surface area contributed by atoms with Crippen molar-refractivity contribution in [3.63, 3.8) is 0 Å². The van der Waals surface area contributed by atoms with Gasteiger partial charge in [0.2, 0.25) is 0 Å². The van der Waals surface area contributed by atoms with E-state index in [1.807, 2.05) is 0 Å². The number of nitrogens with zero attached hydrogens (tertiary/aromatic N) is 2. The van der Waals surface area contributed by atoms with Crippen LogP contribution in [-0.2, 0) is 11.9 Å². The van der Waals surface area contributed by atoms with Crippen molar-refractivity contribution >= 4 is 33.0 Å². The van der Waals surface area contributed by atoms with Crippen molar-refractivity contribution in [2.75, 3.05) is 4.90 Å². The first-order valence-corrected chi connectivity index (χ1v) is 12.5. The molecule has 0 aliphatic carbocycles. The summed E-state index contributed by atoms with van der Waals surface area (Å²) >= 11 is 5.18. The average molecular weight is 472 g/mol. The van der Waals surface area contributed by atoms with Crippen molar-refractivity contribution in [1.82, 2.24) is 4.98 Å². The molecule has 1 heterocycles. The Balaban J connectivity index is 1.75. The molecular weight excluding hydrogens is 440 g/mol. The van der Waals surface area contributed by atoms with Gasteiger partial charge in [0.25, 0.3) is 0 Å². The number of thiazole rings is 1. The van der Waals surface area contributed by atoms with Gasteiger partial charge in [0.05, 0.1) is 11.0 Å². The van der Waals surface area contributed by atoms with Gasteiger partial charge in [0.1, 0.15) is 5.01 Å². The standard InChI is InChI=1S/C25H31BrN2S/c1-5-20(6-2)21-11-13-23(14-12-21)28(18(3)4)16-19-7-9-22(10-8-19)24-17-29-25(15-26)27-24/h7-14,17-18,20H,5-6,15-16H2,1-4H3. The van der Waals surface area contributed by atoms with E-state index in [9.17, 15) is 0 Å². The van der Waals surface area contributed by atoms with Crippen LogP contribution in [0.15, 0.2) is 53.9 Å². The van der Waals surface area contributed by atoms with Crippen LogP contribution in [0, 0.1) is 0 Å². The molecule has 0 radical (unpaired) electrons. The zero-order valence-corrected chi connectivity index (χ0v) is 20.3. The minimum atomic E-state index is 0.439. The van der Waals surface area contributed by atoms with Gasteiger partial charge in [-0.2, -0.15) is 0 Å². The second-order valence-electron chi connectivity index (χ2n) is 7.78. The van der Waals surface area contributed by atoms with E-state index < -0.39 is 0 Å². The molecule has 4 heteroatoms. The van der Waals surface area contributed by atoms with E-state index >= 15 is 0 Å². The lowest BCUT2D eigenvalue weighted by molar-refractivity contribution is 0.640. The summed E-state index contributed by atoms with van der Waals surface area (Å²) in [5.74, 6) is 0.667. The lowest BCUT2D eigenvalue weighted by atomic mass is 9.94. The summed E-state index contributed by atoms with van der Waals surface area (Å²) in [6.45, 7) is 9.99. The number of rotatable bonds is 9. The van der Waals surface area contributed by atoms with Crippen molar-refractivity contribution in [3.05, 3.63) is 70.0 Å². The van der Waals surface area contributed by atoms with Crippen molar-refractivity contribution in [3.8, 4) is 11.3 Å². The third kappa shape index (κ3) is 5.49. The highest BCUT2D eigenvalue weighted by atomic mass is 79.9. The Hall–Kier alpha value is -1.65. The maximum Gasteiger partial charge on any atom is 0.104 e. The van der Waals surface area contributed by atoms with Gasteiger partial charge in [-0.05, 0) is 55.9 Å². The summed E-state index contributed by atoms with van der Waals surface area (Å²) in [7, 11) is 0. The smallest absolute Gasteiger partial charge is 0.104 e. The fourth-order valence-corrected chi connectivity index (χ4v) is 4.92. The molecule has 0 aliphatic heterocycles. The molecule has 0 atom stereocenters. The van der Waals surface area contributed by atoms with Crippen molar-refractivity contribution in [2.24, 2.45) is 0 Å². The van der Waals surface area contributed by atoms with Crippen LogP contribution in [0.3, 0.4) is 0 Å². The number of anilines is 1. The monoisotopic (exact) mass is 470 g/mol. The molecule has 0 saturated carbocycles. The molecule has 3 aromatic rings. The fourth-order valence-electron chi connectivity index (χ4n) is 3.75. The fraction of sp³-hybridized carbons (Fsp3) is 0.400. The Labute approximate surface area is 188 Å². The molecule has 0 N–H and O–H groups in total. The molecule has 0 amide bonds. The van der Waals surface area contributed by atoms with Gasteiger partial charge in [0.15, 0.2) is 0 Å². The maximum atomic E-state index is 4.66. The molecule has 29 heavy (non-hydrogen) atoms. The molecular formula is C25H31BrN2S. The molecule has 0 fully saturated rings. The Kier molecular flexibility index (Phi) is 7.91. The van der Waals surface area contributed by atoms with Crippen LogP contribution in [0.25, 0.3) is 11.3 Å². The van der Waals surface area contributed by atoms with E-state index in [1.54, 1.807) is 11.3 Å². The quantitative estimate of drug-likeness (QED) is 0.294. The SMILES string of the molecule is CCC(CC)c1ccc(N(Cc2ccc(-c3csc(CBr)n3)cc2)C(C)C)cc1. The van der Waals surface area contributed by atoms with Crippen molar-refractivity contribution < 1.29 is 0 Å². The molecule has 3 rings (SSSR count). The third-order valence-corrected chi connectivity index (χ3v) is 7.32. The molecule has 0 saturated heterocycles. The molecule has 0 bridgehead atoms. The Bertz CT molecular complexity index is 880. The lowest BCUT2D eigenvalue weighted by Crippen LogP contribution is -2.30. The number of aromatic nitrogens is 1. The molecule has 154 valence electrons. The van der Waals surface area contributed by atoms with Gasteiger partial charge in [-0.3, -0.25) is 0 Å². The summed E-state index contributed by atoms with van der Waals surface area (Å²) < 4.78 is 0. The number of alkyl halides is 1. The molecule has 0 spiro atoms. The second kappa shape index (κ2) is 10.4. The topological polar surface area (TPSA) is 16.1 Å². The van der Waals surface area contributed by atoms with Gasteiger partial charge in [0, 0.05) is 29.2 Å². The van der Waals surface area contributed by atoms with Gasteiger partial charge < -0.3 is 4.90 Å². The largest absolute Gasteiger partial charge is 0.365 e. The predicted molar refractivity (Wildman–Crippen MR) is 131 cm³/mol. The minimum absolute atomic E-state index is 0.439. The first-order chi connectivity index (χ1) is 14.0.